The molecule has 0 spiro atoms. The van der Waals surface area contributed by atoms with E-state index in [-0.39, 0.29) is 5.91 Å². The van der Waals surface area contributed by atoms with Crippen LogP contribution in [0.2, 0.25) is 0 Å². The molecule has 1 heterocycles. The van der Waals surface area contributed by atoms with E-state index in [1.165, 1.54) is 11.8 Å². The summed E-state index contributed by atoms with van der Waals surface area (Å²) in [7, 11) is 0. The van der Waals surface area contributed by atoms with Crippen molar-refractivity contribution < 1.29 is 4.79 Å². The molecule has 0 atom stereocenters. The average molecular weight is 141 g/mol. The summed E-state index contributed by atoms with van der Waals surface area (Å²) in [5, 5.41) is 10.8. The molecule has 4 nitrogen and oxygen atoms in total. The summed E-state index contributed by atoms with van der Waals surface area (Å²) in [6.45, 7) is 0. The highest BCUT2D eigenvalue weighted by Gasteiger charge is 2.15. The van der Waals surface area contributed by atoms with Crippen LogP contribution in [0.5, 0.6) is 0 Å². The second kappa shape index (κ2) is 2.51. The van der Waals surface area contributed by atoms with Gasteiger partial charge in [0.2, 0.25) is 12.1 Å². The summed E-state index contributed by atoms with van der Waals surface area (Å²) < 4.78 is 0. The van der Waals surface area contributed by atoms with Gasteiger partial charge in [0.15, 0.2) is 5.17 Å². The number of nitriles is 1. The highest BCUT2D eigenvalue weighted by atomic mass is 32.2. The summed E-state index contributed by atoms with van der Waals surface area (Å²) in [5.41, 5.74) is 0. The van der Waals surface area contributed by atoms with Gasteiger partial charge in [-0.15, -0.1) is 4.99 Å². The molecule has 0 saturated carbocycles. The molecule has 1 aliphatic heterocycles. The lowest BCUT2D eigenvalue weighted by Crippen LogP contribution is -2.19. The molecule has 5 heteroatoms. The van der Waals surface area contributed by atoms with Crippen molar-refractivity contribution in [3.63, 3.8) is 0 Å². The van der Waals surface area contributed by atoms with Crippen molar-refractivity contribution in [3.8, 4) is 6.19 Å². The molecule has 0 radical (unpaired) electrons. The molecule has 1 rings (SSSR count). The summed E-state index contributed by atoms with van der Waals surface area (Å²) in [6, 6.07) is 0. The zero-order valence-electron chi connectivity index (χ0n) is 4.42. The number of carbonyl (C=O) groups is 1. The van der Waals surface area contributed by atoms with E-state index in [1.54, 1.807) is 6.19 Å². The first-order chi connectivity index (χ1) is 4.33. The normalized spacial score (nSPS) is 21.7. The summed E-state index contributed by atoms with van der Waals surface area (Å²) in [5.74, 6) is 0.287. The lowest BCUT2D eigenvalue weighted by molar-refractivity contribution is -0.116. The predicted octanol–water partition coefficient (Wildman–Crippen LogP) is -0.314. The number of amides is 1. The summed E-state index contributed by atoms with van der Waals surface area (Å²) in [6.07, 6.45) is 1.58. The van der Waals surface area contributed by atoms with E-state index in [9.17, 15) is 4.79 Å². The Kier molecular flexibility index (Phi) is 1.70. The van der Waals surface area contributed by atoms with Crippen LogP contribution in [0.15, 0.2) is 4.99 Å². The van der Waals surface area contributed by atoms with Crippen LogP contribution in [0.25, 0.3) is 0 Å². The maximum absolute atomic E-state index is 10.4. The zero-order valence-corrected chi connectivity index (χ0v) is 5.23. The number of hydrogen-bond donors (Lipinski definition) is 1. The van der Waals surface area contributed by atoms with Gasteiger partial charge in [-0.3, -0.25) is 4.79 Å². The molecule has 0 aromatic carbocycles. The number of hydrogen-bond acceptors (Lipinski definition) is 4. The van der Waals surface area contributed by atoms with E-state index < -0.39 is 0 Å². The van der Waals surface area contributed by atoms with Gasteiger partial charge in [0.1, 0.15) is 0 Å². The van der Waals surface area contributed by atoms with Gasteiger partial charge >= 0.3 is 0 Å². The molecule has 9 heavy (non-hydrogen) atoms. The minimum absolute atomic E-state index is 0.0889. The minimum Gasteiger partial charge on any atom is -0.304 e. The van der Waals surface area contributed by atoms with Crippen LogP contribution >= 0.6 is 11.8 Å². The molecule has 0 aromatic rings. The fourth-order valence-corrected chi connectivity index (χ4v) is 1.06. The maximum atomic E-state index is 10.4. The number of amidine groups is 1. The van der Waals surface area contributed by atoms with Crippen molar-refractivity contribution in [1.29, 1.82) is 5.26 Å². The fraction of sp³-hybridized carbons (Fsp3) is 0.250. The Bertz CT molecular complexity index is 204. The van der Waals surface area contributed by atoms with Gasteiger partial charge in [0, 0.05) is 0 Å². The lowest BCUT2D eigenvalue weighted by Gasteiger charge is -1.84. The van der Waals surface area contributed by atoms with E-state index in [1.807, 2.05) is 0 Å². The van der Waals surface area contributed by atoms with Crippen LogP contribution in [0.3, 0.4) is 0 Å². The third kappa shape index (κ3) is 1.44. The van der Waals surface area contributed by atoms with Gasteiger partial charge < -0.3 is 5.32 Å². The molecule has 1 saturated heterocycles. The molecule has 0 unspecified atom stereocenters. The standard InChI is InChI=1S/C4H3N3OS/c5-2-6-4-7-3(8)1-9-4/h1H2,(H,6,7,8). The number of aliphatic imine (C=N–C) groups is 1. The third-order valence-electron chi connectivity index (χ3n) is 0.738. The van der Waals surface area contributed by atoms with Crippen molar-refractivity contribution >= 4 is 22.8 Å². The van der Waals surface area contributed by atoms with Gasteiger partial charge in [-0.2, -0.15) is 5.26 Å². The van der Waals surface area contributed by atoms with Gasteiger partial charge in [-0.1, -0.05) is 11.8 Å². The van der Waals surface area contributed by atoms with Crippen molar-refractivity contribution in [2.45, 2.75) is 0 Å². The van der Waals surface area contributed by atoms with Crippen LogP contribution < -0.4 is 5.32 Å². The topological polar surface area (TPSA) is 65.2 Å². The number of nitrogens with zero attached hydrogens (tertiary/aromatic N) is 2. The highest BCUT2D eigenvalue weighted by molar-refractivity contribution is 8.15. The van der Waals surface area contributed by atoms with Crippen LogP contribution in [-0.4, -0.2) is 16.8 Å². The van der Waals surface area contributed by atoms with Crippen LogP contribution in [0, 0.1) is 11.5 Å². The van der Waals surface area contributed by atoms with Gasteiger partial charge in [0.05, 0.1) is 5.75 Å². The first kappa shape index (κ1) is 6.11. The molecule has 0 aromatic heterocycles. The Balaban J connectivity index is 2.60. The Morgan fingerprint density at radius 1 is 1.89 bits per heavy atom. The molecule has 1 aliphatic rings. The van der Waals surface area contributed by atoms with Gasteiger partial charge in [-0.05, 0) is 0 Å². The molecule has 0 aliphatic carbocycles. The van der Waals surface area contributed by atoms with E-state index >= 15 is 0 Å². The molecule has 1 N–H and O–H groups in total. The van der Waals surface area contributed by atoms with E-state index in [4.69, 9.17) is 5.26 Å². The van der Waals surface area contributed by atoms with Crippen molar-refractivity contribution in [2.75, 3.05) is 5.75 Å². The summed E-state index contributed by atoms with van der Waals surface area (Å²) in [4.78, 5) is 13.7. The average Bonchev–Trinajstić information content (AvgIpc) is 2.17. The minimum atomic E-state index is -0.0889. The van der Waals surface area contributed by atoms with Crippen molar-refractivity contribution in [2.24, 2.45) is 4.99 Å². The Hall–Kier alpha value is -1.02. The molecular weight excluding hydrogens is 138 g/mol. The van der Waals surface area contributed by atoms with Crippen LogP contribution in [-0.2, 0) is 4.79 Å². The Labute approximate surface area is 56.0 Å². The first-order valence-corrected chi connectivity index (χ1v) is 3.21. The van der Waals surface area contributed by atoms with Crippen molar-refractivity contribution in [1.82, 2.24) is 5.32 Å². The lowest BCUT2D eigenvalue weighted by atomic mass is 10.7. The second-order valence-corrected chi connectivity index (χ2v) is 2.32. The zero-order chi connectivity index (χ0) is 6.69. The quantitative estimate of drug-likeness (QED) is 0.470. The number of carbonyl (C=O) groups excluding carboxylic acids is 1. The SMILES string of the molecule is N#C/N=C1\NC(=O)CS1. The predicted molar refractivity (Wildman–Crippen MR) is 33.6 cm³/mol. The summed E-state index contributed by atoms with van der Waals surface area (Å²) >= 11 is 1.24. The van der Waals surface area contributed by atoms with E-state index in [2.05, 4.69) is 10.3 Å². The number of nitrogens with one attached hydrogen (secondary N) is 1. The molecule has 1 amide bonds. The van der Waals surface area contributed by atoms with Gasteiger partial charge in [0.25, 0.3) is 0 Å². The third-order valence-corrected chi connectivity index (χ3v) is 1.61. The largest absolute Gasteiger partial charge is 0.304 e. The smallest absolute Gasteiger partial charge is 0.236 e. The Morgan fingerprint density at radius 2 is 2.67 bits per heavy atom. The number of thioether (sulfide) groups is 1. The fourth-order valence-electron chi connectivity index (χ4n) is 0.431. The van der Waals surface area contributed by atoms with Crippen molar-refractivity contribution in [3.05, 3.63) is 0 Å². The Morgan fingerprint density at radius 3 is 3.11 bits per heavy atom. The molecule has 46 valence electrons. The molecule has 1 fully saturated rings. The van der Waals surface area contributed by atoms with Crippen LogP contribution in [0.1, 0.15) is 0 Å². The molecule has 0 bridgehead atoms. The second-order valence-electron chi connectivity index (χ2n) is 1.35. The van der Waals surface area contributed by atoms with Crippen LogP contribution in [0.4, 0.5) is 0 Å². The first-order valence-electron chi connectivity index (χ1n) is 2.22. The van der Waals surface area contributed by atoms with E-state index in [0.29, 0.717) is 10.9 Å². The maximum Gasteiger partial charge on any atom is 0.236 e. The highest BCUT2D eigenvalue weighted by Crippen LogP contribution is 2.07. The van der Waals surface area contributed by atoms with E-state index in [0.717, 1.165) is 0 Å². The monoisotopic (exact) mass is 141 g/mol. The molecular formula is C4H3N3OS. The number of rotatable bonds is 0. The van der Waals surface area contributed by atoms with Gasteiger partial charge in [-0.25, -0.2) is 0 Å².